The third kappa shape index (κ3) is 2.68. The quantitative estimate of drug-likeness (QED) is 0.359. The molecule has 2 aromatic rings. The Morgan fingerprint density at radius 2 is 2.11 bits per heavy atom. The Bertz CT molecular complexity index is 751. The Morgan fingerprint density at radius 1 is 1.42 bits per heavy atom. The summed E-state index contributed by atoms with van der Waals surface area (Å²) in [5.41, 5.74) is 3.87. The van der Waals surface area contributed by atoms with E-state index < -0.39 is 11.1 Å². The molecule has 0 saturated carbocycles. The van der Waals surface area contributed by atoms with Crippen molar-refractivity contribution >= 4 is 17.6 Å². The zero-order chi connectivity index (χ0) is 14.0. The molecule has 0 spiro atoms. The second-order valence-electron chi connectivity index (χ2n) is 3.43. The van der Waals surface area contributed by atoms with Crippen LogP contribution in [0.4, 0.5) is 0 Å². The minimum Gasteiger partial charge on any atom is -0.382 e. The van der Waals surface area contributed by atoms with Crippen LogP contribution in [0.5, 0.6) is 0 Å². The molecule has 10 heteroatoms. The molecule has 0 aliphatic rings. The minimum atomic E-state index is -0.895. The largest absolute Gasteiger partial charge is 0.382 e. The zero-order valence-corrected chi connectivity index (χ0v) is 10.6. The van der Waals surface area contributed by atoms with Gasteiger partial charge in [0.25, 0.3) is 0 Å². The highest BCUT2D eigenvalue weighted by Gasteiger charge is 2.13. The summed E-state index contributed by atoms with van der Waals surface area (Å²) >= 11 is 0.979. The monoisotopic (exact) mass is 279 g/mol. The summed E-state index contributed by atoms with van der Waals surface area (Å²) in [6.45, 7) is 0. The molecule has 98 valence electrons. The van der Waals surface area contributed by atoms with E-state index in [1.54, 1.807) is 0 Å². The summed E-state index contributed by atoms with van der Waals surface area (Å²) in [7, 11) is 1.53. The van der Waals surface area contributed by atoms with Gasteiger partial charge in [-0.25, -0.2) is 9.97 Å². The number of aromatic amines is 1. The Kier molecular flexibility index (Phi) is 3.42. The number of amidine groups is 1. The molecule has 0 aliphatic heterocycles. The third-order valence-electron chi connectivity index (χ3n) is 2.06. The van der Waals surface area contributed by atoms with Gasteiger partial charge < -0.3 is 5.73 Å². The number of nitrogens with one attached hydrogen (secondary N) is 2. The van der Waals surface area contributed by atoms with Crippen LogP contribution in [0.25, 0.3) is 0 Å². The van der Waals surface area contributed by atoms with Crippen molar-refractivity contribution < 1.29 is 0 Å². The van der Waals surface area contributed by atoms with E-state index in [4.69, 9.17) is 11.1 Å². The summed E-state index contributed by atoms with van der Waals surface area (Å²) in [5.74, 6) is -0.245. The molecule has 0 aliphatic carbocycles. The number of aromatic nitrogens is 5. The van der Waals surface area contributed by atoms with Crippen LogP contribution in [0.1, 0.15) is 5.69 Å². The van der Waals surface area contributed by atoms with Gasteiger partial charge in [-0.2, -0.15) is 4.98 Å². The maximum absolute atomic E-state index is 11.2. The number of rotatable bonds is 3. The standard InChI is InChI=1S/C9H9N7O2S/c1-16-9(14-6(17)7(18)15-16)19-8-4(5(10)11)12-2-3-13-8/h2-3H,1H3,(H3,10,11)(H,15,18). The molecule has 2 aromatic heterocycles. The lowest BCUT2D eigenvalue weighted by atomic mass is 10.4. The van der Waals surface area contributed by atoms with Crippen molar-refractivity contribution in [3.05, 3.63) is 38.8 Å². The molecular formula is C9H9N7O2S. The highest BCUT2D eigenvalue weighted by molar-refractivity contribution is 7.99. The Hall–Kier alpha value is -2.49. The molecular weight excluding hydrogens is 270 g/mol. The second kappa shape index (κ2) is 5.02. The number of nitrogens with zero attached hydrogens (tertiary/aromatic N) is 4. The van der Waals surface area contributed by atoms with Crippen LogP contribution < -0.4 is 16.9 Å². The van der Waals surface area contributed by atoms with Crippen LogP contribution in [0.15, 0.2) is 32.2 Å². The summed E-state index contributed by atoms with van der Waals surface area (Å²) in [5, 5.41) is 10.2. The van der Waals surface area contributed by atoms with Crippen molar-refractivity contribution in [3.63, 3.8) is 0 Å². The fourth-order valence-electron chi connectivity index (χ4n) is 1.22. The molecule has 4 N–H and O–H groups in total. The molecule has 0 fully saturated rings. The average molecular weight is 279 g/mol. The molecule has 0 aromatic carbocycles. The summed E-state index contributed by atoms with van der Waals surface area (Å²) in [6.07, 6.45) is 2.83. The van der Waals surface area contributed by atoms with Crippen molar-refractivity contribution in [2.24, 2.45) is 12.8 Å². The van der Waals surface area contributed by atoms with E-state index in [-0.39, 0.29) is 16.7 Å². The van der Waals surface area contributed by atoms with Gasteiger partial charge in [-0.3, -0.25) is 24.8 Å². The van der Waals surface area contributed by atoms with E-state index in [9.17, 15) is 9.59 Å². The van der Waals surface area contributed by atoms with E-state index in [0.29, 0.717) is 5.03 Å². The normalized spacial score (nSPS) is 10.4. The second-order valence-corrected chi connectivity index (χ2v) is 4.38. The molecule has 19 heavy (non-hydrogen) atoms. The molecule has 0 radical (unpaired) electrons. The summed E-state index contributed by atoms with van der Waals surface area (Å²) < 4.78 is 1.28. The van der Waals surface area contributed by atoms with Crippen LogP contribution in [0.3, 0.4) is 0 Å². The first-order chi connectivity index (χ1) is 8.99. The molecule has 0 unspecified atom stereocenters. The Balaban J connectivity index is 2.48. The van der Waals surface area contributed by atoms with Crippen LogP contribution in [-0.4, -0.2) is 30.6 Å². The minimum absolute atomic E-state index is 0.188. The van der Waals surface area contributed by atoms with E-state index in [1.165, 1.54) is 24.1 Å². The summed E-state index contributed by atoms with van der Waals surface area (Å²) in [6, 6.07) is 0. The van der Waals surface area contributed by atoms with Crippen molar-refractivity contribution in [2.45, 2.75) is 10.2 Å². The Labute approximate surface area is 110 Å². The van der Waals surface area contributed by atoms with Crippen LogP contribution in [0.2, 0.25) is 0 Å². The number of hydrogen-bond donors (Lipinski definition) is 3. The molecule has 0 saturated heterocycles. The van der Waals surface area contributed by atoms with Gasteiger partial charge in [-0.15, -0.1) is 0 Å². The smallest absolute Gasteiger partial charge is 0.339 e. The van der Waals surface area contributed by atoms with Gasteiger partial charge in [-0.1, -0.05) is 0 Å². The fraction of sp³-hybridized carbons (Fsp3) is 0.111. The van der Waals surface area contributed by atoms with Gasteiger partial charge in [0.2, 0.25) is 0 Å². The van der Waals surface area contributed by atoms with Crippen molar-refractivity contribution in [2.75, 3.05) is 0 Å². The van der Waals surface area contributed by atoms with E-state index in [2.05, 4.69) is 20.1 Å². The average Bonchev–Trinajstić information content (AvgIpc) is 2.36. The lowest BCUT2D eigenvalue weighted by Crippen LogP contribution is -2.33. The lowest BCUT2D eigenvalue weighted by molar-refractivity contribution is 0.596. The molecule has 2 heterocycles. The zero-order valence-electron chi connectivity index (χ0n) is 9.75. The van der Waals surface area contributed by atoms with Crippen molar-refractivity contribution in [1.29, 1.82) is 5.41 Å². The van der Waals surface area contributed by atoms with Crippen LogP contribution in [-0.2, 0) is 7.05 Å². The maximum Gasteiger partial charge on any atom is 0.339 e. The summed E-state index contributed by atoms with van der Waals surface area (Å²) in [4.78, 5) is 33.9. The Morgan fingerprint density at radius 3 is 2.79 bits per heavy atom. The lowest BCUT2D eigenvalue weighted by Gasteiger charge is -2.07. The highest BCUT2D eigenvalue weighted by atomic mass is 32.2. The van der Waals surface area contributed by atoms with Gasteiger partial charge in [-0.05, 0) is 11.8 Å². The molecule has 2 rings (SSSR count). The maximum atomic E-state index is 11.2. The first kappa shape index (κ1) is 13.0. The van der Waals surface area contributed by atoms with Crippen molar-refractivity contribution in [3.8, 4) is 0 Å². The van der Waals surface area contributed by atoms with Gasteiger partial charge in [0.05, 0.1) is 0 Å². The highest BCUT2D eigenvalue weighted by Crippen LogP contribution is 2.23. The third-order valence-corrected chi connectivity index (χ3v) is 3.10. The number of nitrogen functional groups attached to an aromatic ring is 1. The SMILES string of the molecule is Cn1[nH]c(=O)c(=O)nc1Sc1nccnc1C(=N)N. The first-order valence-electron chi connectivity index (χ1n) is 4.99. The number of aryl methyl sites for hydroxylation is 1. The van der Waals surface area contributed by atoms with E-state index in [0.717, 1.165) is 11.8 Å². The van der Waals surface area contributed by atoms with Crippen LogP contribution >= 0.6 is 11.8 Å². The van der Waals surface area contributed by atoms with Gasteiger partial charge in [0.15, 0.2) is 5.16 Å². The van der Waals surface area contributed by atoms with Gasteiger partial charge in [0, 0.05) is 19.4 Å². The molecule has 0 bridgehead atoms. The molecule has 9 nitrogen and oxygen atoms in total. The van der Waals surface area contributed by atoms with Crippen LogP contribution in [0, 0.1) is 5.41 Å². The van der Waals surface area contributed by atoms with Gasteiger partial charge >= 0.3 is 11.1 Å². The van der Waals surface area contributed by atoms with Gasteiger partial charge in [0.1, 0.15) is 16.6 Å². The fourth-order valence-corrected chi connectivity index (χ4v) is 2.08. The number of H-pyrrole nitrogens is 1. The number of nitrogens with two attached hydrogens (primary N) is 1. The predicted molar refractivity (Wildman–Crippen MR) is 67.3 cm³/mol. The molecule has 0 atom stereocenters. The van der Waals surface area contributed by atoms with E-state index >= 15 is 0 Å². The topological polar surface area (TPSA) is 143 Å². The van der Waals surface area contributed by atoms with E-state index in [1.807, 2.05) is 0 Å². The molecule has 0 amide bonds. The first-order valence-corrected chi connectivity index (χ1v) is 5.81. The number of hydrogen-bond acceptors (Lipinski definition) is 7. The van der Waals surface area contributed by atoms with Crippen molar-refractivity contribution in [1.82, 2.24) is 24.7 Å². The predicted octanol–water partition coefficient (Wildman–Crippen LogP) is -1.31.